The highest BCUT2D eigenvalue weighted by Gasteiger charge is 2.15. The van der Waals surface area contributed by atoms with Gasteiger partial charge in [-0.3, -0.25) is 0 Å². The normalized spacial score (nSPS) is 10.9. The summed E-state index contributed by atoms with van der Waals surface area (Å²) in [5.74, 6) is -0.0672. The lowest BCUT2D eigenvalue weighted by molar-refractivity contribution is 0.0730. The quantitative estimate of drug-likeness (QED) is 0.111. The van der Waals surface area contributed by atoms with E-state index in [0.717, 1.165) is 36.8 Å². The maximum atomic E-state index is 14.6. The average Bonchev–Trinajstić information content (AvgIpc) is 2.91. The van der Waals surface area contributed by atoms with Gasteiger partial charge in [-0.2, -0.15) is 0 Å². The first kappa shape index (κ1) is 28.3. The molecule has 3 aromatic rings. The van der Waals surface area contributed by atoms with E-state index in [1.165, 1.54) is 57.1 Å². The van der Waals surface area contributed by atoms with Crippen LogP contribution in [-0.2, 0) is 6.42 Å². The molecule has 1 aromatic heterocycles. The molecule has 0 saturated carbocycles. The van der Waals surface area contributed by atoms with Crippen LogP contribution in [0.2, 0.25) is 0 Å². The van der Waals surface area contributed by atoms with Gasteiger partial charge in [0.05, 0.1) is 12.2 Å². The Hall–Kier alpha value is -3.28. The number of ether oxygens (including phenoxy) is 2. The zero-order valence-electron chi connectivity index (χ0n) is 22.2. The molecule has 0 aliphatic carbocycles. The first-order valence-electron chi connectivity index (χ1n) is 13.7. The average molecular weight is 507 g/mol. The largest absolute Gasteiger partial charge is 0.493 e. The van der Waals surface area contributed by atoms with E-state index in [9.17, 15) is 9.18 Å². The summed E-state index contributed by atoms with van der Waals surface area (Å²) in [6, 6.07) is 11.1. The number of aryl methyl sites for hydroxylation is 1. The minimum atomic E-state index is -0.753. The SMILES string of the molecule is CCCCCCCCOc1ccc(C(=O)Oc2ccc(-c3ncc(CCCCCC)cn3)cc2)c(F)c1. The molecule has 0 fully saturated rings. The molecule has 0 aliphatic rings. The Labute approximate surface area is 220 Å². The van der Waals surface area contributed by atoms with Gasteiger partial charge in [-0.05, 0) is 61.2 Å². The lowest BCUT2D eigenvalue weighted by Crippen LogP contribution is -2.11. The number of hydrogen-bond donors (Lipinski definition) is 0. The fourth-order valence-electron chi connectivity index (χ4n) is 4.05. The lowest BCUT2D eigenvalue weighted by atomic mass is 10.1. The predicted molar refractivity (Wildman–Crippen MR) is 146 cm³/mol. The van der Waals surface area contributed by atoms with Gasteiger partial charge in [-0.25, -0.2) is 19.2 Å². The highest BCUT2D eigenvalue weighted by atomic mass is 19.1. The number of aromatic nitrogens is 2. The first-order valence-corrected chi connectivity index (χ1v) is 13.7. The number of hydrogen-bond acceptors (Lipinski definition) is 5. The van der Waals surface area contributed by atoms with Crippen LogP contribution in [0.3, 0.4) is 0 Å². The molecule has 3 rings (SSSR count). The van der Waals surface area contributed by atoms with Gasteiger partial charge in [-0.15, -0.1) is 0 Å². The Kier molecular flexibility index (Phi) is 12.0. The van der Waals surface area contributed by atoms with Crippen LogP contribution in [0, 0.1) is 5.82 Å². The summed E-state index contributed by atoms with van der Waals surface area (Å²) in [6.45, 7) is 4.93. The topological polar surface area (TPSA) is 61.3 Å². The summed E-state index contributed by atoms with van der Waals surface area (Å²) in [7, 11) is 0. The van der Waals surface area contributed by atoms with Crippen molar-refractivity contribution in [1.82, 2.24) is 9.97 Å². The molecule has 6 heteroatoms. The second-order valence-corrected chi connectivity index (χ2v) is 9.40. The van der Waals surface area contributed by atoms with Crippen molar-refractivity contribution in [3.63, 3.8) is 0 Å². The van der Waals surface area contributed by atoms with Crippen molar-refractivity contribution < 1.29 is 18.7 Å². The molecule has 0 amide bonds. The number of rotatable bonds is 16. The standard InChI is InChI=1S/C31H39FN2O3/c1-3-5-7-9-10-12-20-36-27-18-19-28(29(32)21-27)31(35)37-26-16-14-25(15-17-26)30-33-22-24(23-34-30)13-11-8-6-4-2/h14-19,21-23H,3-13,20H2,1-2H3. The summed E-state index contributed by atoms with van der Waals surface area (Å²) >= 11 is 0. The Bertz CT molecular complexity index is 1080. The number of unbranched alkanes of at least 4 members (excludes halogenated alkanes) is 8. The first-order chi connectivity index (χ1) is 18.1. The van der Waals surface area contributed by atoms with Gasteiger partial charge in [0.1, 0.15) is 17.3 Å². The maximum absolute atomic E-state index is 14.6. The number of nitrogens with zero attached hydrogens (tertiary/aromatic N) is 2. The Morgan fingerprint density at radius 1 is 0.784 bits per heavy atom. The second-order valence-electron chi connectivity index (χ2n) is 9.40. The van der Waals surface area contributed by atoms with E-state index < -0.39 is 11.8 Å². The van der Waals surface area contributed by atoms with Gasteiger partial charge in [0, 0.05) is 24.0 Å². The molecule has 1 heterocycles. The van der Waals surface area contributed by atoms with Crippen LogP contribution in [0.15, 0.2) is 54.9 Å². The minimum absolute atomic E-state index is 0.131. The van der Waals surface area contributed by atoms with Gasteiger partial charge < -0.3 is 9.47 Å². The van der Waals surface area contributed by atoms with E-state index in [-0.39, 0.29) is 5.56 Å². The number of esters is 1. The van der Waals surface area contributed by atoms with Crippen LogP contribution in [-0.4, -0.2) is 22.5 Å². The van der Waals surface area contributed by atoms with Crippen molar-refractivity contribution in [2.24, 2.45) is 0 Å². The van der Waals surface area contributed by atoms with Crippen molar-refractivity contribution in [3.8, 4) is 22.9 Å². The second kappa shape index (κ2) is 15.7. The van der Waals surface area contributed by atoms with E-state index in [2.05, 4.69) is 23.8 Å². The highest BCUT2D eigenvalue weighted by Crippen LogP contribution is 2.22. The summed E-state index contributed by atoms with van der Waals surface area (Å²) in [5.41, 5.74) is 1.82. The molecule has 2 aromatic carbocycles. The molecule has 5 nitrogen and oxygen atoms in total. The van der Waals surface area contributed by atoms with Crippen LogP contribution < -0.4 is 9.47 Å². The van der Waals surface area contributed by atoms with Crippen molar-refractivity contribution in [2.75, 3.05) is 6.61 Å². The molecule has 0 saturated heterocycles. The van der Waals surface area contributed by atoms with Crippen molar-refractivity contribution in [3.05, 3.63) is 71.8 Å². The van der Waals surface area contributed by atoms with E-state index in [4.69, 9.17) is 9.47 Å². The Morgan fingerprint density at radius 3 is 2.08 bits per heavy atom. The molecule has 198 valence electrons. The number of halogens is 1. The Balaban J connectivity index is 1.48. The van der Waals surface area contributed by atoms with Crippen LogP contribution in [0.5, 0.6) is 11.5 Å². The molecule has 0 spiro atoms. The van der Waals surface area contributed by atoms with Crippen molar-refractivity contribution in [1.29, 1.82) is 0 Å². The predicted octanol–water partition coefficient (Wildman–Crippen LogP) is 8.36. The third-order valence-electron chi connectivity index (χ3n) is 6.27. The number of carbonyl (C=O) groups excluding carboxylic acids is 1. The molecule has 0 atom stereocenters. The van der Waals surface area contributed by atoms with Crippen LogP contribution in [0.1, 0.15) is 94.0 Å². The van der Waals surface area contributed by atoms with Gasteiger partial charge in [0.25, 0.3) is 0 Å². The summed E-state index contributed by atoms with van der Waals surface area (Å²) in [5, 5.41) is 0. The third-order valence-corrected chi connectivity index (χ3v) is 6.27. The van der Waals surface area contributed by atoms with E-state index in [1.54, 1.807) is 30.3 Å². The molecule has 37 heavy (non-hydrogen) atoms. The fourth-order valence-corrected chi connectivity index (χ4v) is 4.05. The maximum Gasteiger partial charge on any atom is 0.346 e. The minimum Gasteiger partial charge on any atom is -0.493 e. The smallest absolute Gasteiger partial charge is 0.346 e. The van der Waals surface area contributed by atoms with E-state index in [1.807, 2.05) is 12.4 Å². The fraction of sp³-hybridized carbons (Fsp3) is 0.452. The van der Waals surface area contributed by atoms with Crippen LogP contribution in [0.25, 0.3) is 11.4 Å². The van der Waals surface area contributed by atoms with Gasteiger partial charge >= 0.3 is 5.97 Å². The zero-order valence-corrected chi connectivity index (χ0v) is 22.2. The summed E-state index contributed by atoms with van der Waals surface area (Å²) in [6.07, 6.45) is 16.5. The molecule has 0 aliphatic heterocycles. The number of carbonyl (C=O) groups is 1. The molecular weight excluding hydrogens is 467 g/mol. The molecule has 0 unspecified atom stereocenters. The Morgan fingerprint density at radius 2 is 1.41 bits per heavy atom. The lowest BCUT2D eigenvalue weighted by Gasteiger charge is -2.09. The molecule has 0 bridgehead atoms. The van der Waals surface area contributed by atoms with Crippen molar-refractivity contribution >= 4 is 5.97 Å². The van der Waals surface area contributed by atoms with E-state index >= 15 is 0 Å². The van der Waals surface area contributed by atoms with Gasteiger partial charge in [-0.1, -0.05) is 65.2 Å². The summed E-state index contributed by atoms with van der Waals surface area (Å²) < 4.78 is 25.6. The van der Waals surface area contributed by atoms with Crippen LogP contribution in [0.4, 0.5) is 4.39 Å². The molecule has 0 N–H and O–H groups in total. The third kappa shape index (κ3) is 9.60. The molecular formula is C31H39FN2O3. The monoisotopic (exact) mass is 506 g/mol. The molecule has 0 radical (unpaired) electrons. The number of benzene rings is 2. The van der Waals surface area contributed by atoms with Gasteiger partial charge in [0.15, 0.2) is 5.82 Å². The zero-order chi connectivity index (χ0) is 26.3. The van der Waals surface area contributed by atoms with E-state index in [0.29, 0.717) is 23.9 Å². The van der Waals surface area contributed by atoms with Crippen LogP contribution >= 0.6 is 0 Å². The highest BCUT2D eigenvalue weighted by molar-refractivity contribution is 5.91. The van der Waals surface area contributed by atoms with Gasteiger partial charge in [0.2, 0.25) is 0 Å². The van der Waals surface area contributed by atoms with Crippen molar-refractivity contribution in [2.45, 2.75) is 84.5 Å². The summed E-state index contributed by atoms with van der Waals surface area (Å²) in [4.78, 5) is 21.5.